The van der Waals surface area contributed by atoms with Gasteiger partial charge in [0.15, 0.2) is 0 Å². The average Bonchev–Trinajstić information content (AvgIpc) is 2.35. The fourth-order valence-corrected chi connectivity index (χ4v) is 4.01. The summed E-state index contributed by atoms with van der Waals surface area (Å²) in [6.45, 7) is 3.01. The predicted octanol–water partition coefficient (Wildman–Crippen LogP) is 1.91. The number of halogens is 1. The minimum atomic E-state index is -3.25. The molecular formula is C14H19BrN2O3S. The Labute approximate surface area is 133 Å². The molecule has 5 nitrogen and oxygen atoms in total. The Morgan fingerprint density at radius 1 is 1.38 bits per heavy atom. The summed E-state index contributed by atoms with van der Waals surface area (Å²) in [6.07, 6.45) is 2.70. The molecule has 7 heteroatoms. The molecule has 0 aliphatic carbocycles. The van der Waals surface area contributed by atoms with Crippen LogP contribution in [0.3, 0.4) is 0 Å². The van der Waals surface area contributed by atoms with Gasteiger partial charge in [-0.15, -0.1) is 0 Å². The Kier molecular flexibility index (Phi) is 5.06. The molecule has 1 N–H and O–H groups in total. The molecule has 1 aliphatic heterocycles. The van der Waals surface area contributed by atoms with E-state index < -0.39 is 10.0 Å². The third-order valence-corrected chi connectivity index (χ3v) is 4.60. The molecule has 0 radical (unpaired) electrons. The summed E-state index contributed by atoms with van der Waals surface area (Å²) in [7, 11) is -3.25. The van der Waals surface area contributed by atoms with E-state index in [1.165, 1.54) is 0 Å². The normalized spacial score (nSPS) is 19.6. The third-order valence-electron chi connectivity index (χ3n) is 3.38. The predicted molar refractivity (Wildman–Crippen MR) is 85.8 cm³/mol. The minimum absolute atomic E-state index is 0.0561. The highest BCUT2D eigenvalue weighted by atomic mass is 79.9. The van der Waals surface area contributed by atoms with E-state index in [1.807, 2.05) is 19.1 Å². The van der Waals surface area contributed by atoms with E-state index in [4.69, 9.17) is 0 Å². The van der Waals surface area contributed by atoms with Gasteiger partial charge in [0.25, 0.3) is 5.91 Å². The second-order valence-electron chi connectivity index (χ2n) is 5.50. The molecule has 1 aliphatic rings. The lowest BCUT2D eigenvalue weighted by atomic mass is 10.0. The molecule has 21 heavy (non-hydrogen) atoms. The quantitative estimate of drug-likeness (QED) is 0.878. The van der Waals surface area contributed by atoms with Crippen LogP contribution in [0.15, 0.2) is 22.7 Å². The lowest BCUT2D eigenvalue weighted by Gasteiger charge is -2.32. The summed E-state index contributed by atoms with van der Waals surface area (Å²) < 4.78 is 26.1. The number of hydrogen-bond donors (Lipinski definition) is 1. The summed E-state index contributed by atoms with van der Waals surface area (Å²) in [6, 6.07) is 5.39. The molecule has 1 atom stereocenters. The fraction of sp³-hybridized carbons (Fsp3) is 0.500. The number of sulfonamides is 1. The van der Waals surface area contributed by atoms with Crippen molar-refractivity contribution < 1.29 is 13.2 Å². The Hall–Kier alpha value is -0.920. The molecular weight excluding hydrogens is 356 g/mol. The summed E-state index contributed by atoms with van der Waals surface area (Å²) in [5, 5.41) is 0. The molecule has 0 saturated carbocycles. The first-order valence-corrected chi connectivity index (χ1v) is 9.47. The Morgan fingerprint density at radius 3 is 2.71 bits per heavy atom. The smallest absolute Gasteiger partial charge is 0.253 e. The monoisotopic (exact) mass is 374 g/mol. The molecule has 0 spiro atoms. The van der Waals surface area contributed by atoms with E-state index >= 15 is 0 Å². The van der Waals surface area contributed by atoms with Crippen molar-refractivity contribution in [2.75, 3.05) is 19.3 Å². The van der Waals surface area contributed by atoms with Crippen LogP contribution in [-0.2, 0) is 10.0 Å². The molecule has 1 aromatic rings. The van der Waals surface area contributed by atoms with Gasteiger partial charge in [0.2, 0.25) is 10.0 Å². The zero-order valence-electron chi connectivity index (χ0n) is 12.1. The van der Waals surface area contributed by atoms with Crippen molar-refractivity contribution >= 4 is 31.9 Å². The SMILES string of the molecule is Cc1cc(Br)cc(C(=O)N2CCCC(NS(C)(=O)=O)C2)c1. The van der Waals surface area contributed by atoms with Crippen molar-refractivity contribution in [3.63, 3.8) is 0 Å². The molecule has 116 valence electrons. The standard InChI is InChI=1S/C14H19BrN2O3S/c1-10-6-11(8-12(15)7-10)14(18)17-5-3-4-13(9-17)16-21(2,19)20/h6-8,13,16H,3-5,9H2,1-2H3. The summed E-state index contributed by atoms with van der Waals surface area (Å²) >= 11 is 3.39. The molecule has 2 rings (SSSR count). The number of amides is 1. The van der Waals surface area contributed by atoms with E-state index in [0.29, 0.717) is 18.7 Å². The van der Waals surface area contributed by atoms with E-state index in [9.17, 15) is 13.2 Å². The second kappa shape index (κ2) is 6.46. The Morgan fingerprint density at radius 2 is 2.10 bits per heavy atom. The van der Waals surface area contributed by atoms with Crippen LogP contribution in [0.4, 0.5) is 0 Å². The molecule has 1 amide bonds. The highest BCUT2D eigenvalue weighted by Crippen LogP contribution is 2.19. The van der Waals surface area contributed by atoms with Crippen molar-refractivity contribution in [1.29, 1.82) is 0 Å². The van der Waals surface area contributed by atoms with Gasteiger partial charge in [0, 0.05) is 29.2 Å². The van der Waals surface area contributed by atoms with Crippen LogP contribution in [0.5, 0.6) is 0 Å². The maximum Gasteiger partial charge on any atom is 0.253 e. The molecule has 0 aromatic heterocycles. The van der Waals surface area contributed by atoms with Crippen LogP contribution in [0.25, 0.3) is 0 Å². The van der Waals surface area contributed by atoms with Crippen LogP contribution in [0, 0.1) is 6.92 Å². The van der Waals surface area contributed by atoms with E-state index in [0.717, 1.165) is 29.1 Å². The van der Waals surface area contributed by atoms with Gasteiger partial charge in [-0.25, -0.2) is 13.1 Å². The highest BCUT2D eigenvalue weighted by molar-refractivity contribution is 9.10. The third kappa shape index (κ3) is 4.79. The maximum atomic E-state index is 12.5. The lowest BCUT2D eigenvalue weighted by Crippen LogP contribution is -2.49. The molecule has 1 heterocycles. The number of hydrogen-bond acceptors (Lipinski definition) is 3. The van der Waals surface area contributed by atoms with Crippen LogP contribution >= 0.6 is 15.9 Å². The summed E-state index contributed by atoms with van der Waals surface area (Å²) in [5.41, 5.74) is 1.64. The van der Waals surface area contributed by atoms with Crippen molar-refractivity contribution in [3.8, 4) is 0 Å². The fourth-order valence-electron chi connectivity index (χ4n) is 2.60. The molecule has 1 fully saturated rings. The number of nitrogens with one attached hydrogen (secondary N) is 1. The highest BCUT2D eigenvalue weighted by Gasteiger charge is 2.26. The number of carbonyl (C=O) groups is 1. The van der Waals surface area contributed by atoms with E-state index in [1.54, 1.807) is 11.0 Å². The van der Waals surface area contributed by atoms with Crippen molar-refractivity contribution in [2.45, 2.75) is 25.8 Å². The van der Waals surface area contributed by atoms with Crippen molar-refractivity contribution in [3.05, 3.63) is 33.8 Å². The van der Waals surface area contributed by atoms with Crippen LogP contribution in [0.2, 0.25) is 0 Å². The second-order valence-corrected chi connectivity index (χ2v) is 8.19. The van der Waals surface area contributed by atoms with E-state index in [-0.39, 0.29) is 11.9 Å². The first-order chi connectivity index (χ1) is 9.74. The number of piperidine rings is 1. The Balaban J connectivity index is 2.12. The van der Waals surface area contributed by atoms with Gasteiger partial charge in [-0.3, -0.25) is 4.79 Å². The van der Waals surface area contributed by atoms with Crippen molar-refractivity contribution in [1.82, 2.24) is 9.62 Å². The summed E-state index contributed by atoms with van der Waals surface area (Å²) in [4.78, 5) is 14.3. The largest absolute Gasteiger partial charge is 0.337 e. The van der Waals surface area contributed by atoms with E-state index in [2.05, 4.69) is 20.7 Å². The lowest BCUT2D eigenvalue weighted by molar-refractivity contribution is 0.0703. The first kappa shape index (κ1) is 16.5. The summed E-state index contributed by atoms with van der Waals surface area (Å²) in [5.74, 6) is -0.0561. The molecule has 0 bridgehead atoms. The van der Waals surface area contributed by atoms with Gasteiger partial charge < -0.3 is 4.90 Å². The molecule has 1 saturated heterocycles. The first-order valence-electron chi connectivity index (χ1n) is 6.78. The van der Waals surface area contributed by atoms with Gasteiger partial charge in [-0.05, 0) is 43.5 Å². The molecule has 1 unspecified atom stereocenters. The van der Waals surface area contributed by atoms with Crippen LogP contribution in [-0.4, -0.2) is 44.6 Å². The molecule has 1 aromatic carbocycles. The average molecular weight is 375 g/mol. The zero-order valence-corrected chi connectivity index (χ0v) is 14.5. The van der Waals surface area contributed by atoms with Gasteiger partial charge in [0.05, 0.1) is 6.26 Å². The van der Waals surface area contributed by atoms with Gasteiger partial charge in [-0.2, -0.15) is 0 Å². The maximum absolute atomic E-state index is 12.5. The van der Waals surface area contributed by atoms with Gasteiger partial charge in [-0.1, -0.05) is 15.9 Å². The van der Waals surface area contributed by atoms with Crippen molar-refractivity contribution in [2.24, 2.45) is 0 Å². The minimum Gasteiger partial charge on any atom is -0.337 e. The van der Waals surface area contributed by atoms with Crippen LogP contribution in [0.1, 0.15) is 28.8 Å². The number of aryl methyl sites for hydroxylation is 1. The number of benzene rings is 1. The topological polar surface area (TPSA) is 66.5 Å². The number of carbonyl (C=O) groups excluding carboxylic acids is 1. The zero-order chi connectivity index (χ0) is 15.6. The number of rotatable bonds is 3. The Bertz CT molecular complexity index is 625. The van der Waals surface area contributed by atoms with Gasteiger partial charge in [0.1, 0.15) is 0 Å². The van der Waals surface area contributed by atoms with Gasteiger partial charge >= 0.3 is 0 Å². The number of likely N-dealkylation sites (tertiary alicyclic amines) is 1. The number of nitrogens with zero attached hydrogens (tertiary/aromatic N) is 1. The van der Waals surface area contributed by atoms with Crippen LogP contribution < -0.4 is 4.72 Å².